The van der Waals surface area contributed by atoms with Crippen LogP contribution in [0.2, 0.25) is 5.02 Å². The summed E-state index contributed by atoms with van der Waals surface area (Å²) in [5.74, 6) is 0. The van der Waals surface area contributed by atoms with Crippen LogP contribution in [0.25, 0.3) is 10.9 Å². The molecule has 0 bridgehead atoms. The van der Waals surface area contributed by atoms with E-state index in [-0.39, 0.29) is 0 Å². The molecule has 16 heavy (non-hydrogen) atoms. The first-order valence-corrected chi connectivity index (χ1v) is 6.09. The van der Waals surface area contributed by atoms with E-state index in [1.54, 1.807) is 0 Å². The lowest BCUT2D eigenvalue weighted by Gasteiger charge is -2.05. The van der Waals surface area contributed by atoms with E-state index >= 15 is 0 Å². The summed E-state index contributed by atoms with van der Waals surface area (Å²) in [6.07, 6.45) is 2.66. The van der Waals surface area contributed by atoms with Gasteiger partial charge in [0.15, 0.2) is 0 Å². The fourth-order valence-corrected chi connectivity index (χ4v) is 2.23. The second-order valence-corrected chi connectivity index (χ2v) is 4.99. The van der Waals surface area contributed by atoms with E-state index in [1.165, 1.54) is 29.4 Å². The normalized spacial score (nSPS) is 15.9. The maximum absolute atomic E-state index is 6.01. The fourth-order valence-electron chi connectivity index (χ4n) is 2.07. The molecule has 1 aromatic carbocycles. The molecule has 3 heteroatoms. The molecule has 0 atom stereocenters. The van der Waals surface area contributed by atoms with Crippen molar-refractivity contribution < 1.29 is 0 Å². The van der Waals surface area contributed by atoms with Crippen molar-refractivity contribution >= 4 is 22.5 Å². The molecule has 1 N–H and O–H groups in total. The highest BCUT2D eigenvalue weighted by Crippen LogP contribution is 2.24. The summed E-state index contributed by atoms with van der Waals surface area (Å²) in [5, 5.41) is 5.60. The third-order valence-corrected chi connectivity index (χ3v) is 3.49. The Labute approximate surface area is 100 Å². The molecule has 84 valence electrons. The monoisotopic (exact) mass is 234 g/mol. The first kappa shape index (κ1) is 10.2. The van der Waals surface area contributed by atoms with Crippen molar-refractivity contribution in [1.29, 1.82) is 0 Å². The molecule has 0 spiro atoms. The van der Waals surface area contributed by atoms with Crippen molar-refractivity contribution in [3.8, 4) is 0 Å². The van der Waals surface area contributed by atoms with E-state index in [4.69, 9.17) is 11.6 Å². The molecule has 1 aromatic heterocycles. The Morgan fingerprint density at radius 3 is 2.94 bits per heavy atom. The average Bonchev–Trinajstić information content (AvgIpc) is 3.04. The van der Waals surface area contributed by atoms with E-state index in [0.29, 0.717) is 0 Å². The zero-order valence-corrected chi connectivity index (χ0v) is 10.1. The van der Waals surface area contributed by atoms with Gasteiger partial charge < -0.3 is 9.88 Å². The van der Waals surface area contributed by atoms with Gasteiger partial charge in [-0.25, -0.2) is 0 Å². The number of nitrogens with zero attached hydrogens (tertiary/aromatic N) is 1. The van der Waals surface area contributed by atoms with Gasteiger partial charge in [0.2, 0.25) is 0 Å². The first-order chi connectivity index (χ1) is 7.74. The number of hydrogen-bond acceptors (Lipinski definition) is 1. The number of benzene rings is 1. The lowest BCUT2D eigenvalue weighted by molar-refractivity contribution is 0.655. The zero-order valence-electron chi connectivity index (χ0n) is 9.33. The second kappa shape index (κ2) is 3.79. The summed E-state index contributed by atoms with van der Waals surface area (Å²) >= 11 is 6.01. The smallest absolute Gasteiger partial charge is 0.0495 e. The third kappa shape index (κ3) is 1.83. The molecule has 1 aliphatic carbocycles. The maximum Gasteiger partial charge on any atom is 0.0495 e. The lowest BCUT2D eigenvalue weighted by atomic mass is 10.2. The molecule has 0 aliphatic heterocycles. The zero-order chi connectivity index (χ0) is 11.1. The molecular weight excluding hydrogens is 220 g/mol. The topological polar surface area (TPSA) is 17.0 Å². The molecule has 0 amide bonds. The maximum atomic E-state index is 6.01. The van der Waals surface area contributed by atoms with E-state index in [9.17, 15) is 0 Å². The van der Waals surface area contributed by atoms with Crippen LogP contribution in [0.5, 0.6) is 0 Å². The Kier molecular flexibility index (Phi) is 2.41. The Hall–Kier alpha value is -0.990. The van der Waals surface area contributed by atoms with Crippen LogP contribution in [0.3, 0.4) is 0 Å². The van der Waals surface area contributed by atoms with Crippen LogP contribution >= 0.6 is 11.6 Å². The second-order valence-electron chi connectivity index (χ2n) is 4.55. The van der Waals surface area contributed by atoms with Crippen LogP contribution in [0, 0.1) is 0 Å². The molecule has 1 fully saturated rings. The Morgan fingerprint density at radius 2 is 2.19 bits per heavy atom. The van der Waals surface area contributed by atoms with Gasteiger partial charge in [0.1, 0.15) is 0 Å². The number of halogens is 1. The molecule has 0 saturated heterocycles. The predicted molar refractivity (Wildman–Crippen MR) is 67.8 cm³/mol. The quantitative estimate of drug-likeness (QED) is 0.864. The lowest BCUT2D eigenvalue weighted by Crippen LogP contribution is -2.17. The van der Waals surface area contributed by atoms with Gasteiger partial charge in [0, 0.05) is 35.9 Å². The minimum absolute atomic E-state index is 0.751. The van der Waals surface area contributed by atoms with Crippen molar-refractivity contribution in [2.75, 3.05) is 0 Å². The van der Waals surface area contributed by atoms with Gasteiger partial charge in [-0.05, 0) is 36.4 Å². The molecule has 3 rings (SSSR count). The van der Waals surface area contributed by atoms with Crippen LogP contribution in [-0.4, -0.2) is 10.6 Å². The average molecular weight is 235 g/mol. The van der Waals surface area contributed by atoms with Crippen LogP contribution in [-0.2, 0) is 13.6 Å². The third-order valence-electron chi connectivity index (χ3n) is 3.26. The van der Waals surface area contributed by atoms with Gasteiger partial charge in [-0.2, -0.15) is 0 Å². The van der Waals surface area contributed by atoms with Gasteiger partial charge in [-0.15, -0.1) is 0 Å². The number of nitrogens with one attached hydrogen (secondary N) is 1. The molecule has 1 heterocycles. The predicted octanol–water partition coefficient (Wildman–Crippen LogP) is 3.08. The van der Waals surface area contributed by atoms with Crippen LogP contribution in [0.4, 0.5) is 0 Å². The van der Waals surface area contributed by atoms with Gasteiger partial charge in [0.05, 0.1) is 0 Å². The highest BCUT2D eigenvalue weighted by atomic mass is 35.5. The molecule has 2 nitrogen and oxygen atoms in total. The van der Waals surface area contributed by atoms with Crippen LogP contribution < -0.4 is 5.32 Å². The molecular formula is C13H15ClN2. The van der Waals surface area contributed by atoms with Crippen LogP contribution in [0.15, 0.2) is 24.3 Å². The standard InChI is InChI=1S/C13H15ClN2/c1-16-12(8-15-11-4-5-11)6-9-2-3-10(14)7-13(9)16/h2-3,6-7,11,15H,4-5,8H2,1H3. The summed E-state index contributed by atoms with van der Waals surface area (Å²) in [6.45, 7) is 0.952. The van der Waals surface area contributed by atoms with E-state index in [0.717, 1.165) is 17.6 Å². The van der Waals surface area contributed by atoms with Gasteiger partial charge >= 0.3 is 0 Å². The SMILES string of the molecule is Cn1c(CNC2CC2)cc2ccc(Cl)cc21. The van der Waals surface area contributed by atoms with Crippen LogP contribution in [0.1, 0.15) is 18.5 Å². The van der Waals surface area contributed by atoms with Crippen molar-refractivity contribution in [3.63, 3.8) is 0 Å². The summed E-state index contributed by atoms with van der Waals surface area (Å²) in [5.41, 5.74) is 2.53. The summed E-state index contributed by atoms with van der Waals surface area (Å²) in [6, 6.07) is 9.04. The van der Waals surface area contributed by atoms with Crippen molar-refractivity contribution in [2.45, 2.75) is 25.4 Å². The Balaban J connectivity index is 1.94. The van der Waals surface area contributed by atoms with Crippen molar-refractivity contribution in [3.05, 3.63) is 35.0 Å². The first-order valence-electron chi connectivity index (χ1n) is 5.71. The van der Waals surface area contributed by atoms with E-state index < -0.39 is 0 Å². The molecule has 1 saturated carbocycles. The Morgan fingerprint density at radius 1 is 1.38 bits per heavy atom. The van der Waals surface area contributed by atoms with Gasteiger partial charge in [0.25, 0.3) is 0 Å². The number of fused-ring (bicyclic) bond motifs is 1. The molecule has 0 radical (unpaired) electrons. The molecule has 2 aromatic rings. The summed E-state index contributed by atoms with van der Waals surface area (Å²) in [4.78, 5) is 0. The number of aromatic nitrogens is 1. The van der Waals surface area contributed by atoms with Crippen molar-refractivity contribution in [2.24, 2.45) is 7.05 Å². The van der Waals surface area contributed by atoms with E-state index in [1.807, 2.05) is 12.1 Å². The summed E-state index contributed by atoms with van der Waals surface area (Å²) in [7, 11) is 2.10. The van der Waals surface area contributed by atoms with E-state index in [2.05, 4.69) is 29.1 Å². The largest absolute Gasteiger partial charge is 0.346 e. The fraction of sp³-hybridized carbons (Fsp3) is 0.385. The minimum atomic E-state index is 0.751. The number of aryl methyl sites for hydroxylation is 1. The van der Waals surface area contributed by atoms with Crippen molar-refractivity contribution in [1.82, 2.24) is 9.88 Å². The number of rotatable bonds is 3. The Bertz CT molecular complexity index is 526. The van der Waals surface area contributed by atoms with Gasteiger partial charge in [-0.1, -0.05) is 17.7 Å². The highest BCUT2D eigenvalue weighted by molar-refractivity contribution is 6.31. The minimum Gasteiger partial charge on any atom is -0.346 e. The highest BCUT2D eigenvalue weighted by Gasteiger charge is 2.20. The summed E-state index contributed by atoms with van der Waals surface area (Å²) < 4.78 is 2.22. The molecule has 0 unspecified atom stereocenters. The number of hydrogen-bond donors (Lipinski definition) is 1. The van der Waals surface area contributed by atoms with Gasteiger partial charge in [-0.3, -0.25) is 0 Å². The molecule has 1 aliphatic rings.